The zero-order valence-electron chi connectivity index (χ0n) is 12.2. The highest BCUT2D eigenvalue weighted by Crippen LogP contribution is 2.21. The Labute approximate surface area is 128 Å². The number of nitrogens with zero attached hydrogens (tertiary/aromatic N) is 4. The molecule has 0 aromatic carbocycles. The lowest BCUT2D eigenvalue weighted by molar-refractivity contribution is -0.118. The molecule has 1 N–H and O–H groups in total. The lowest BCUT2D eigenvalue weighted by atomic mass is 10.3. The maximum absolute atomic E-state index is 11.7. The number of carbonyl (C=O) groups is 1. The first-order chi connectivity index (χ1) is 10.2. The summed E-state index contributed by atoms with van der Waals surface area (Å²) in [6.07, 6.45) is 5.54. The Kier molecular flexibility index (Phi) is 5.74. The quantitative estimate of drug-likeness (QED) is 0.624. The third-order valence-electron chi connectivity index (χ3n) is 2.94. The van der Waals surface area contributed by atoms with Crippen LogP contribution < -0.4 is 5.32 Å². The van der Waals surface area contributed by atoms with Gasteiger partial charge in [0, 0.05) is 31.5 Å². The average molecular weight is 305 g/mol. The molecule has 2 aromatic rings. The van der Waals surface area contributed by atoms with Crippen LogP contribution in [0.4, 0.5) is 0 Å². The molecule has 0 unspecified atom stereocenters. The van der Waals surface area contributed by atoms with E-state index in [1.165, 1.54) is 11.8 Å². The van der Waals surface area contributed by atoms with Crippen LogP contribution >= 0.6 is 11.8 Å². The van der Waals surface area contributed by atoms with Crippen LogP contribution in [0.1, 0.15) is 19.8 Å². The third kappa shape index (κ3) is 4.29. The van der Waals surface area contributed by atoms with Gasteiger partial charge < -0.3 is 9.88 Å². The minimum atomic E-state index is 0.0272. The predicted octanol–water partition coefficient (Wildman–Crippen LogP) is 1.89. The van der Waals surface area contributed by atoms with Gasteiger partial charge in [-0.15, -0.1) is 10.2 Å². The van der Waals surface area contributed by atoms with E-state index in [1.54, 1.807) is 12.4 Å². The molecule has 2 aromatic heterocycles. The van der Waals surface area contributed by atoms with Gasteiger partial charge in [-0.1, -0.05) is 25.1 Å². The molecule has 0 aliphatic carbocycles. The molecule has 0 atom stereocenters. The Morgan fingerprint density at radius 1 is 1.43 bits per heavy atom. The highest BCUT2D eigenvalue weighted by Gasteiger charge is 2.12. The van der Waals surface area contributed by atoms with Gasteiger partial charge in [0.1, 0.15) is 0 Å². The molecular formula is C14H19N5OS. The summed E-state index contributed by atoms with van der Waals surface area (Å²) in [7, 11) is 1.89. The second kappa shape index (κ2) is 7.78. The lowest BCUT2D eigenvalue weighted by Crippen LogP contribution is -2.26. The van der Waals surface area contributed by atoms with Gasteiger partial charge >= 0.3 is 0 Å². The van der Waals surface area contributed by atoms with Crippen LogP contribution in [0.2, 0.25) is 0 Å². The van der Waals surface area contributed by atoms with Crippen molar-refractivity contribution in [1.82, 2.24) is 25.1 Å². The van der Waals surface area contributed by atoms with Crippen LogP contribution in [-0.4, -0.2) is 38.0 Å². The van der Waals surface area contributed by atoms with E-state index in [0.29, 0.717) is 5.75 Å². The first-order valence-corrected chi connectivity index (χ1v) is 7.90. The van der Waals surface area contributed by atoms with Crippen LogP contribution in [-0.2, 0) is 11.8 Å². The second-order valence-electron chi connectivity index (χ2n) is 4.60. The number of pyridine rings is 1. The minimum absolute atomic E-state index is 0.0272. The summed E-state index contributed by atoms with van der Waals surface area (Å²) in [6, 6.07) is 3.79. The van der Waals surface area contributed by atoms with Crippen LogP contribution in [0.3, 0.4) is 0 Å². The SMILES string of the molecule is CCCCNC(=O)CSc1nnc(-c2cccnc2)n1C. The zero-order chi connectivity index (χ0) is 15.1. The van der Waals surface area contributed by atoms with Gasteiger partial charge in [-0.3, -0.25) is 9.78 Å². The van der Waals surface area contributed by atoms with Crippen molar-refractivity contribution in [2.75, 3.05) is 12.3 Å². The molecule has 21 heavy (non-hydrogen) atoms. The third-order valence-corrected chi connectivity index (χ3v) is 3.96. The number of amides is 1. The number of thioether (sulfide) groups is 1. The molecule has 112 valence electrons. The van der Waals surface area contributed by atoms with Gasteiger partial charge in [0.05, 0.1) is 5.75 Å². The number of hydrogen-bond acceptors (Lipinski definition) is 5. The molecule has 0 fully saturated rings. The van der Waals surface area contributed by atoms with E-state index < -0.39 is 0 Å². The summed E-state index contributed by atoms with van der Waals surface area (Å²) in [4.78, 5) is 15.8. The highest BCUT2D eigenvalue weighted by atomic mass is 32.2. The molecule has 0 bridgehead atoms. The number of nitrogens with one attached hydrogen (secondary N) is 1. The average Bonchev–Trinajstić information content (AvgIpc) is 2.87. The summed E-state index contributed by atoms with van der Waals surface area (Å²) in [6.45, 7) is 2.83. The van der Waals surface area contributed by atoms with Crippen molar-refractivity contribution in [2.45, 2.75) is 24.9 Å². The first kappa shape index (κ1) is 15.5. The van der Waals surface area contributed by atoms with Crippen LogP contribution in [0.15, 0.2) is 29.7 Å². The van der Waals surface area contributed by atoms with E-state index >= 15 is 0 Å². The van der Waals surface area contributed by atoms with Crippen molar-refractivity contribution in [1.29, 1.82) is 0 Å². The standard InChI is InChI=1S/C14H19N5OS/c1-3-4-8-16-12(20)10-21-14-18-17-13(19(14)2)11-6-5-7-15-9-11/h5-7,9H,3-4,8,10H2,1-2H3,(H,16,20). The highest BCUT2D eigenvalue weighted by molar-refractivity contribution is 7.99. The van der Waals surface area contributed by atoms with Crippen LogP contribution in [0.5, 0.6) is 0 Å². The molecule has 6 nitrogen and oxygen atoms in total. The van der Waals surface area contributed by atoms with Gasteiger partial charge in [-0.05, 0) is 18.6 Å². The van der Waals surface area contributed by atoms with Gasteiger partial charge in [0.25, 0.3) is 0 Å². The van der Waals surface area contributed by atoms with Gasteiger partial charge in [-0.2, -0.15) is 0 Å². The largest absolute Gasteiger partial charge is 0.355 e. The monoisotopic (exact) mass is 305 g/mol. The molecule has 2 rings (SSSR count). The molecule has 0 aliphatic heterocycles. The summed E-state index contributed by atoms with van der Waals surface area (Å²) in [5, 5.41) is 11.9. The number of carbonyl (C=O) groups excluding carboxylic acids is 1. The van der Waals surface area contributed by atoms with Crippen LogP contribution in [0.25, 0.3) is 11.4 Å². The molecule has 7 heteroatoms. The number of unbranched alkanes of at least 4 members (excludes halogenated alkanes) is 1. The smallest absolute Gasteiger partial charge is 0.230 e. The number of aromatic nitrogens is 4. The van der Waals surface area contributed by atoms with E-state index in [1.807, 2.05) is 23.7 Å². The molecule has 2 heterocycles. The van der Waals surface area contributed by atoms with Gasteiger partial charge in [-0.25, -0.2) is 0 Å². The molecule has 0 saturated carbocycles. The first-order valence-electron chi connectivity index (χ1n) is 6.91. The molecule has 0 spiro atoms. The Morgan fingerprint density at radius 2 is 2.29 bits per heavy atom. The van der Waals surface area contributed by atoms with E-state index in [2.05, 4.69) is 27.4 Å². The predicted molar refractivity (Wildman–Crippen MR) is 82.9 cm³/mol. The zero-order valence-corrected chi connectivity index (χ0v) is 13.1. The molecular weight excluding hydrogens is 286 g/mol. The number of hydrogen-bond donors (Lipinski definition) is 1. The summed E-state index contributed by atoms with van der Waals surface area (Å²) in [5.41, 5.74) is 0.909. The molecule has 0 radical (unpaired) electrons. The second-order valence-corrected chi connectivity index (χ2v) is 5.54. The Balaban J connectivity index is 1.93. The van der Waals surface area contributed by atoms with Gasteiger partial charge in [0.15, 0.2) is 11.0 Å². The number of rotatable bonds is 7. The van der Waals surface area contributed by atoms with Crippen molar-refractivity contribution in [3.63, 3.8) is 0 Å². The Hall–Kier alpha value is -1.89. The Morgan fingerprint density at radius 3 is 3.00 bits per heavy atom. The molecule has 0 aliphatic rings. The summed E-state index contributed by atoms with van der Waals surface area (Å²) in [5.74, 6) is 1.12. The van der Waals surface area contributed by atoms with Crippen LogP contribution in [0, 0.1) is 0 Å². The molecule has 1 amide bonds. The van der Waals surface area contributed by atoms with E-state index in [4.69, 9.17) is 0 Å². The summed E-state index contributed by atoms with van der Waals surface area (Å²) >= 11 is 1.39. The fourth-order valence-corrected chi connectivity index (χ4v) is 2.51. The van der Waals surface area contributed by atoms with Crippen molar-refractivity contribution in [2.24, 2.45) is 7.05 Å². The van der Waals surface area contributed by atoms with E-state index in [9.17, 15) is 4.79 Å². The fraction of sp³-hybridized carbons (Fsp3) is 0.429. The minimum Gasteiger partial charge on any atom is -0.355 e. The van der Waals surface area contributed by atoms with Crippen molar-refractivity contribution >= 4 is 17.7 Å². The van der Waals surface area contributed by atoms with Crippen molar-refractivity contribution in [3.05, 3.63) is 24.5 Å². The topological polar surface area (TPSA) is 72.7 Å². The van der Waals surface area contributed by atoms with E-state index in [-0.39, 0.29) is 5.91 Å². The lowest BCUT2D eigenvalue weighted by Gasteiger charge is -2.05. The Bertz CT molecular complexity index is 584. The van der Waals surface area contributed by atoms with Gasteiger partial charge in [0.2, 0.25) is 5.91 Å². The normalized spacial score (nSPS) is 10.6. The fourth-order valence-electron chi connectivity index (χ4n) is 1.77. The molecule has 0 saturated heterocycles. The maximum Gasteiger partial charge on any atom is 0.230 e. The van der Waals surface area contributed by atoms with E-state index in [0.717, 1.165) is 35.9 Å². The summed E-state index contributed by atoms with van der Waals surface area (Å²) < 4.78 is 1.88. The van der Waals surface area contributed by atoms with Crippen molar-refractivity contribution < 1.29 is 4.79 Å². The maximum atomic E-state index is 11.7. The van der Waals surface area contributed by atoms with Crippen molar-refractivity contribution in [3.8, 4) is 11.4 Å².